The molecule has 0 aliphatic rings. The standard InChI is InChI=1S/C19H16BrClN2O/c1-12-9-14(11-22-16-5-8-18(21)19(24)10-16)13(2)23(12)17-6-3-15(20)4-7-17/h3-11,24H,1-2H3. The molecule has 0 saturated carbocycles. The van der Waals surface area contributed by atoms with Crippen molar-refractivity contribution in [3.8, 4) is 11.4 Å². The summed E-state index contributed by atoms with van der Waals surface area (Å²) in [5.74, 6) is 0.0339. The van der Waals surface area contributed by atoms with E-state index in [-0.39, 0.29) is 5.75 Å². The van der Waals surface area contributed by atoms with Crippen LogP contribution in [0.5, 0.6) is 5.75 Å². The van der Waals surface area contributed by atoms with E-state index in [1.807, 2.05) is 12.1 Å². The molecule has 0 aliphatic heterocycles. The molecule has 0 spiro atoms. The first-order valence-corrected chi connectivity index (χ1v) is 8.60. The van der Waals surface area contributed by atoms with Gasteiger partial charge in [0, 0.05) is 39.4 Å². The zero-order valence-corrected chi connectivity index (χ0v) is 15.6. The third kappa shape index (κ3) is 3.40. The Bertz CT molecular complexity index is 914. The van der Waals surface area contributed by atoms with E-state index in [0.29, 0.717) is 10.7 Å². The molecule has 1 N–H and O–H groups in total. The molecule has 1 aromatic heterocycles. The maximum atomic E-state index is 9.66. The molecule has 24 heavy (non-hydrogen) atoms. The second-order valence-electron chi connectivity index (χ2n) is 5.53. The van der Waals surface area contributed by atoms with Crippen LogP contribution in [0.3, 0.4) is 0 Å². The highest BCUT2D eigenvalue weighted by atomic mass is 79.9. The Morgan fingerprint density at radius 1 is 1.08 bits per heavy atom. The summed E-state index contributed by atoms with van der Waals surface area (Å²) >= 11 is 9.28. The normalized spacial score (nSPS) is 11.3. The third-order valence-electron chi connectivity index (χ3n) is 3.84. The average Bonchev–Trinajstić information content (AvgIpc) is 2.84. The van der Waals surface area contributed by atoms with E-state index in [2.05, 4.69) is 57.5 Å². The Labute approximate surface area is 154 Å². The minimum absolute atomic E-state index is 0.0339. The molecule has 0 saturated heterocycles. The van der Waals surface area contributed by atoms with Crippen LogP contribution in [0, 0.1) is 13.8 Å². The molecule has 5 heteroatoms. The predicted octanol–water partition coefficient (Wildman–Crippen LogP) is 5.97. The van der Waals surface area contributed by atoms with Crippen molar-refractivity contribution in [3.63, 3.8) is 0 Å². The summed E-state index contributed by atoms with van der Waals surface area (Å²) in [6.45, 7) is 4.14. The van der Waals surface area contributed by atoms with Gasteiger partial charge in [0.25, 0.3) is 0 Å². The number of phenols is 1. The quantitative estimate of drug-likeness (QED) is 0.538. The summed E-state index contributed by atoms with van der Waals surface area (Å²) in [5, 5.41) is 9.98. The molecule has 0 bridgehead atoms. The molecule has 0 aliphatic carbocycles. The number of aromatic hydroxyl groups is 1. The first-order valence-electron chi connectivity index (χ1n) is 7.43. The van der Waals surface area contributed by atoms with E-state index in [1.54, 1.807) is 24.4 Å². The van der Waals surface area contributed by atoms with Gasteiger partial charge in [0.1, 0.15) is 5.75 Å². The summed E-state index contributed by atoms with van der Waals surface area (Å²) in [6.07, 6.45) is 1.81. The number of aryl methyl sites for hydroxylation is 1. The first-order chi connectivity index (χ1) is 11.5. The molecular weight excluding hydrogens is 388 g/mol. The Morgan fingerprint density at radius 2 is 1.79 bits per heavy atom. The molecular formula is C19H16BrClN2O. The van der Waals surface area contributed by atoms with Crippen LogP contribution in [0.4, 0.5) is 5.69 Å². The summed E-state index contributed by atoms with van der Waals surface area (Å²) in [5.41, 5.74) is 5.04. The molecule has 0 atom stereocenters. The molecule has 0 unspecified atom stereocenters. The number of aromatic nitrogens is 1. The molecule has 122 valence electrons. The molecule has 3 aromatic rings. The van der Waals surface area contributed by atoms with E-state index in [4.69, 9.17) is 11.6 Å². The van der Waals surface area contributed by atoms with Crippen molar-refractivity contribution in [1.29, 1.82) is 0 Å². The van der Waals surface area contributed by atoms with Gasteiger partial charge in [-0.2, -0.15) is 0 Å². The number of nitrogens with zero attached hydrogens (tertiary/aromatic N) is 2. The lowest BCUT2D eigenvalue weighted by Crippen LogP contribution is -1.99. The second-order valence-corrected chi connectivity index (χ2v) is 6.86. The summed E-state index contributed by atoms with van der Waals surface area (Å²) in [7, 11) is 0. The van der Waals surface area contributed by atoms with Gasteiger partial charge in [0.2, 0.25) is 0 Å². The fraction of sp³-hybridized carbons (Fsp3) is 0.105. The van der Waals surface area contributed by atoms with Gasteiger partial charge < -0.3 is 9.67 Å². The fourth-order valence-corrected chi connectivity index (χ4v) is 3.01. The van der Waals surface area contributed by atoms with Crippen LogP contribution in [0.25, 0.3) is 5.69 Å². The molecule has 1 heterocycles. The molecule has 0 fully saturated rings. The van der Waals surface area contributed by atoms with Crippen molar-refractivity contribution in [2.45, 2.75) is 13.8 Å². The van der Waals surface area contributed by atoms with E-state index in [9.17, 15) is 5.11 Å². The van der Waals surface area contributed by atoms with E-state index in [1.165, 1.54) is 0 Å². The Hall–Kier alpha value is -2.04. The van der Waals surface area contributed by atoms with Crippen molar-refractivity contribution in [3.05, 3.63) is 75.0 Å². The highest BCUT2D eigenvalue weighted by Gasteiger charge is 2.09. The Morgan fingerprint density at radius 3 is 2.46 bits per heavy atom. The lowest BCUT2D eigenvalue weighted by atomic mass is 10.2. The largest absolute Gasteiger partial charge is 0.506 e. The summed E-state index contributed by atoms with van der Waals surface area (Å²) in [6, 6.07) is 15.2. The second kappa shape index (κ2) is 6.83. The molecule has 0 amide bonds. The third-order valence-corrected chi connectivity index (χ3v) is 4.69. The van der Waals surface area contributed by atoms with Crippen LogP contribution < -0.4 is 0 Å². The summed E-state index contributed by atoms with van der Waals surface area (Å²) < 4.78 is 3.24. The maximum absolute atomic E-state index is 9.66. The van der Waals surface area contributed by atoms with E-state index in [0.717, 1.165) is 27.1 Å². The van der Waals surface area contributed by atoms with Crippen LogP contribution >= 0.6 is 27.5 Å². The number of phenolic OH excluding ortho intramolecular Hbond substituents is 1. The minimum Gasteiger partial charge on any atom is -0.506 e. The number of benzene rings is 2. The molecule has 2 aromatic carbocycles. The zero-order valence-electron chi connectivity index (χ0n) is 13.3. The van der Waals surface area contributed by atoms with Gasteiger partial charge in [0.15, 0.2) is 0 Å². The fourth-order valence-electron chi connectivity index (χ4n) is 2.63. The van der Waals surface area contributed by atoms with Gasteiger partial charge >= 0.3 is 0 Å². The zero-order chi connectivity index (χ0) is 17.3. The van der Waals surface area contributed by atoms with Gasteiger partial charge in [-0.25, -0.2) is 0 Å². The molecule has 3 nitrogen and oxygen atoms in total. The molecule has 0 radical (unpaired) electrons. The minimum atomic E-state index is 0.0339. The van der Waals surface area contributed by atoms with Crippen LogP contribution in [0.15, 0.2) is 58.0 Å². The van der Waals surface area contributed by atoms with Crippen LogP contribution in [-0.4, -0.2) is 15.9 Å². The SMILES string of the molecule is Cc1cc(C=Nc2ccc(Cl)c(O)c2)c(C)n1-c1ccc(Br)cc1. The smallest absolute Gasteiger partial charge is 0.136 e. The van der Waals surface area contributed by atoms with Gasteiger partial charge in [0.05, 0.1) is 10.7 Å². The lowest BCUT2D eigenvalue weighted by Gasteiger charge is -2.09. The maximum Gasteiger partial charge on any atom is 0.136 e. The van der Waals surface area contributed by atoms with Crippen molar-refractivity contribution in [2.24, 2.45) is 4.99 Å². The number of aliphatic imine (C=N–C) groups is 1. The first kappa shape index (κ1) is 16.8. The van der Waals surface area contributed by atoms with Crippen molar-refractivity contribution in [1.82, 2.24) is 4.57 Å². The van der Waals surface area contributed by atoms with Gasteiger partial charge in [-0.15, -0.1) is 0 Å². The number of halogens is 2. The van der Waals surface area contributed by atoms with Gasteiger partial charge in [-0.05, 0) is 56.3 Å². The highest BCUT2D eigenvalue weighted by molar-refractivity contribution is 9.10. The average molecular weight is 404 g/mol. The predicted molar refractivity (Wildman–Crippen MR) is 103 cm³/mol. The Balaban J connectivity index is 1.95. The van der Waals surface area contributed by atoms with Gasteiger partial charge in [-0.1, -0.05) is 27.5 Å². The van der Waals surface area contributed by atoms with Gasteiger partial charge in [-0.3, -0.25) is 4.99 Å². The molecule has 3 rings (SSSR count). The monoisotopic (exact) mass is 402 g/mol. The summed E-state index contributed by atoms with van der Waals surface area (Å²) in [4.78, 5) is 4.44. The van der Waals surface area contributed by atoms with Crippen molar-refractivity contribution in [2.75, 3.05) is 0 Å². The topological polar surface area (TPSA) is 37.5 Å². The van der Waals surface area contributed by atoms with E-state index >= 15 is 0 Å². The van der Waals surface area contributed by atoms with Crippen molar-refractivity contribution >= 4 is 39.4 Å². The lowest BCUT2D eigenvalue weighted by molar-refractivity contribution is 0.476. The number of hydrogen-bond donors (Lipinski definition) is 1. The number of rotatable bonds is 3. The van der Waals surface area contributed by atoms with E-state index < -0.39 is 0 Å². The Kier molecular flexibility index (Phi) is 4.78. The highest BCUT2D eigenvalue weighted by Crippen LogP contribution is 2.28. The van der Waals surface area contributed by atoms with Crippen LogP contribution in [0.1, 0.15) is 17.0 Å². The van der Waals surface area contributed by atoms with Crippen LogP contribution in [0.2, 0.25) is 5.02 Å². The van der Waals surface area contributed by atoms with Crippen LogP contribution in [-0.2, 0) is 0 Å². The number of hydrogen-bond acceptors (Lipinski definition) is 2. The van der Waals surface area contributed by atoms with Crippen molar-refractivity contribution < 1.29 is 5.11 Å².